The molecule has 0 aliphatic heterocycles. The first-order chi connectivity index (χ1) is 11.7. The Kier molecular flexibility index (Phi) is 3.35. The van der Waals surface area contributed by atoms with Crippen molar-refractivity contribution in [1.82, 2.24) is 10.2 Å². The lowest BCUT2D eigenvalue weighted by Gasteiger charge is -2.03. The van der Waals surface area contributed by atoms with Crippen LogP contribution in [0.15, 0.2) is 65.3 Å². The highest BCUT2D eigenvalue weighted by molar-refractivity contribution is 6.06. The topological polar surface area (TPSA) is 70.9 Å². The average Bonchev–Trinajstić information content (AvgIpc) is 3.25. The van der Waals surface area contributed by atoms with Gasteiger partial charge in [0.1, 0.15) is 5.82 Å². The maximum Gasteiger partial charge on any atom is 0.292 e. The first kappa shape index (κ1) is 14.2. The number of nitrogens with one attached hydrogen (secondary N) is 2. The van der Waals surface area contributed by atoms with E-state index >= 15 is 0 Å². The molecule has 0 spiro atoms. The van der Waals surface area contributed by atoms with E-state index in [4.69, 9.17) is 4.42 Å². The van der Waals surface area contributed by atoms with Gasteiger partial charge >= 0.3 is 0 Å². The van der Waals surface area contributed by atoms with Crippen molar-refractivity contribution in [2.45, 2.75) is 0 Å². The monoisotopic (exact) mass is 321 g/mol. The number of halogens is 1. The summed E-state index contributed by atoms with van der Waals surface area (Å²) in [5.74, 6) is 0.00597. The Morgan fingerprint density at radius 1 is 1.08 bits per heavy atom. The molecule has 4 aromatic rings. The molecule has 0 saturated heterocycles. The van der Waals surface area contributed by atoms with Crippen LogP contribution in [0.4, 0.5) is 10.2 Å². The zero-order chi connectivity index (χ0) is 16.5. The molecule has 0 aliphatic carbocycles. The van der Waals surface area contributed by atoms with Gasteiger partial charge in [-0.25, -0.2) is 4.39 Å². The summed E-state index contributed by atoms with van der Waals surface area (Å²) in [4.78, 5) is 12.0. The third kappa shape index (κ3) is 2.54. The molecule has 0 saturated carbocycles. The van der Waals surface area contributed by atoms with Gasteiger partial charge in [0, 0.05) is 5.39 Å². The van der Waals surface area contributed by atoms with Crippen LogP contribution in [0.3, 0.4) is 0 Å². The first-order valence-electron chi connectivity index (χ1n) is 7.29. The standard InChI is InChI=1S/C18H12FN3O2/c19-13-6-3-11(4-7-13)12-5-8-14-15(10-12)21-22-17(14)20-18(23)16-2-1-9-24-16/h1-10H,(H2,20,21,22,23). The van der Waals surface area contributed by atoms with Crippen LogP contribution in [-0.4, -0.2) is 16.1 Å². The third-order valence-corrected chi connectivity index (χ3v) is 3.72. The Morgan fingerprint density at radius 2 is 1.88 bits per heavy atom. The zero-order valence-electron chi connectivity index (χ0n) is 12.4. The van der Waals surface area contributed by atoms with E-state index in [1.807, 2.05) is 18.2 Å². The lowest BCUT2D eigenvalue weighted by Crippen LogP contribution is -2.11. The molecule has 2 heterocycles. The van der Waals surface area contributed by atoms with Crippen molar-refractivity contribution >= 4 is 22.6 Å². The summed E-state index contributed by atoms with van der Waals surface area (Å²) in [5, 5.41) is 10.5. The molecule has 1 amide bonds. The number of hydrogen-bond acceptors (Lipinski definition) is 3. The van der Waals surface area contributed by atoms with E-state index < -0.39 is 0 Å². The number of aromatic amines is 1. The van der Waals surface area contributed by atoms with Crippen LogP contribution < -0.4 is 5.32 Å². The van der Waals surface area contributed by atoms with Crippen LogP contribution in [0, 0.1) is 5.82 Å². The first-order valence-corrected chi connectivity index (χ1v) is 7.29. The van der Waals surface area contributed by atoms with Crippen LogP contribution in [0.2, 0.25) is 0 Å². The number of benzene rings is 2. The number of rotatable bonds is 3. The molecule has 24 heavy (non-hydrogen) atoms. The van der Waals surface area contributed by atoms with Crippen molar-refractivity contribution in [3.63, 3.8) is 0 Å². The average molecular weight is 321 g/mol. The number of nitrogens with zero attached hydrogens (tertiary/aromatic N) is 1. The van der Waals surface area contributed by atoms with Gasteiger partial charge in [-0.3, -0.25) is 9.89 Å². The number of carbonyl (C=O) groups excluding carboxylic acids is 1. The Labute approximate surface area is 136 Å². The van der Waals surface area contributed by atoms with Crippen LogP contribution in [0.5, 0.6) is 0 Å². The predicted octanol–water partition coefficient (Wildman–Crippen LogP) is 4.21. The van der Waals surface area contributed by atoms with Gasteiger partial charge in [0.2, 0.25) is 0 Å². The molecule has 0 atom stereocenters. The van der Waals surface area contributed by atoms with Gasteiger partial charge in [0.25, 0.3) is 5.91 Å². The number of amides is 1. The number of H-pyrrole nitrogens is 1. The lowest BCUT2D eigenvalue weighted by atomic mass is 10.0. The van der Waals surface area contributed by atoms with Crippen LogP contribution in [0.1, 0.15) is 10.6 Å². The number of aromatic nitrogens is 2. The normalized spacial score (nSPS) is 10.9. The second kappa shape index (κ2) is 5.66. The predicted molar refractivity (Wildman–Crippen MR) is 88.1 cm³/mol. The van der Waals surface area contributed by atoms with Crippen molar-refractivity contribution in [2.24, 2.45) is 0 Å². The molecule has 2 aromatic heterocycles. The molecule has 4 rings (SSSR count). The van der Waals surface area contributed by atoms with Gasteiger partial charge in [-0.15, -0.1) is 0 Å². The van der Waals surface area contributed by atoms with Crippen LogP contribution in [-0.2, 0) is 0 Å². The van der Waals surface area contributed by atoms with E-state index in [9.17, 15) is 9.18 Å². The van der Waals surface area contributed by atoms with E-state index in [0.29, 0.717) is 5.82 Å². The largest absolute Gasteiger partial charge is 0.459 e. The van der Waals surface area contributed by atoms with Gasteiger partial charge < -0.3 is 9.73 Å². The third-order valence-electron chi connectivity index (χ3n) is 3.72. The molecule has 118 valence electrons. The van der Waals surface area contributed by atoms with Crippen LogP contribution >= 0.6 is 0 Å². The van der Waals surface area contributed by atoms with Crippen molar-refractivity contribution in [3.8, 4) is 11.1 Å². The molecular formula is C18H12FN3O2. The SMILES string of the molecule is O=C(Nc1n[nH]c2cc(-c3ccc(F)cc3)ccc12)c1ccco1. The van der Waals surface area contributed by atoms with E-state index in [0.717, 1.165) is 22.0 Å². The fraction of sp³-hybridized carbons (Fsp3) is 0. The molecule has 6 heteroatoms. The Balaban J connectivity index is 1.65. The van der Waals surface area contributed by atoms with Gasteiger partial charge in [-0.05, 0) is 47.5 Å². The highest BCUT2D eigenvalue weighted by atomic mass is 19.1. The van der Waals surface area contributed by atoms with Crippen molar-refractivity contribution in [2.75, 3.05) is 5.32 Å². The van der Waals surface area contributed by atoms with Gasteiger partial charge in [-0.1, -0.05) is 18.2 Å². The summed E-state index contributed by atoms with van der Waals surface area (Å²) >= 11 is 0. The fourth-order valence-electron chi connectivity index (χ4n) is 2.51. The molecule has 5 nitrogen and oxygen atoms in total. The van der Waals surface area contributed by atoms with Gasteiger partial charge in [0.05, 0.1) is 11.8 Å². The Hall–Kier alpha value is -3.41. The van der Waals surface area contributed by atoms with E-state index in [1.165, 1.54) is 18.4 Å². The minimum absolute atomic E-state index is 0.217. The summed E-state index contributed by atoms with van der Waals surface area (Å²) in [6.45, 7) is 0. The Bertz CT molecular complexity index is 1000. The molecule has 2 aromatic carbocycles. The molecule has 0 bridgehead atoms. The van der Waals surface area contributed by atoms with Crippen LogP contribution in [0.25, 0.3) is 22.0 Å². The molecule has 0 radical (unpaired) electrons. The second-order valence-corrected chi connectivity index (χ2v) is 5.27. The van der Waals surface area contributed by atoms with Gasteiger partial charge in [-0.2, -0.15) is 5.10 Å². The maximum absolute atomic E-state index is 13.0. The fourth-order valence-corrected chi connectivity index (χ4v) is 2.51. The van der Waals surface area contributed by atoms with E-state index in [2.05, 4.69) is 15.5 Å². The van der Waals surface area contributed by atoms with Crippen molar-refractivity contribution in [3.05, 3.63) is 72.4 Å². The maximum atomic E-state index is 13.0. The number of furan rings is 1. The molecular weight excluding hydrogens is 309 g/mol. The minimum Gasteiger partial charge on any atom is -0.459 e. The lowest BCUT2D eigenvalue weighted by molar-refractivity contribution is 0.0996. The minimum atomic E-state index is -0.365. The molecule has 0 aliphatic rings. The molecule has 0 unspecified atom stereocenters. The summed E-state index contributed by atoms with van der Waals surface area (Å²) in [5.41, 5.74) is 2.59. The summed E-state index contributed by atoms with van der Waals surface area (Å²) in [6.07, 6.45) is 1.44. The van der Waals surface area contributed by atoms with E-state index in [1.54, 1.807) is 24.3 Å². The zero-order valence-corrected chi connectivity index (χ0v) is 12.4. The number of anilines is 1. The number of fused-ring (bicyclic) bond motifs is 1. The summed E-state index contributed by atoms with van der Waals surface area (Å²) in [7, 11) is 0. The van der Waals surface area contributed by atoms with Gasteiger partial charge in [0.15, 0.2) is 11.6 Å². The highest BCUT2D eigenvalue weighted by Gasteiger charge is 2.13. The Morgan fingerprint density at radius 3 is 2.62 bits per heavy atom. The molecule has 0 fully saturated rings. The quantitative estimate of drug-likeness (QED) is 0.593. The van der Waals surface area contributed by atoms with Crippen molar-refractivity contribution < 1.29 is 13.6 Å². The van der Waals surface area contributed by atoms with Crippen molar-refractivity contribution in [1.29, 1.82) is 0 Å². The van der Waals surface area contributed by atoms with E-state index in [-0.39, 0.29) is 17.5 Å². The smallest absolute Gasteiger partial charge is 0.292 e. The molecule has 2 N–H and O–H groups in total. The second-order valence-electron chi connectivity index (χ2n) is 5.27. The summed E-state index contributed by atoms with van der Waals surface area (Å²) in [6, 6.07) is 15.1. The summed E-state index contributed by atoms with van der Waals surface area (Å²) < 4.78 is 18.1. The highest BCUT2D eigenvalue weighted by Crippen LogP contribution is 2.27. The number of carbonyl (C=O) groups is 1. The number of hydrogen-bond donors (Lipinski definition) is 2.